The van der Waals surface area contributed by atoms with Crippen LogP contribution >= 0.6 is 0 Å². The van der Waals surface area contributed by atoms with Crippen molar-refractivity contribution in [1.82, 2.24) is 9.80 Å². The van der Waals surface area contributed by atoms with E-state index in [2.05, 4.69) is 45.0 Å². The van der Waals surface area contributed by atoms with E-state index in [1.54, 1.807) is 0 Å². The highest BCUT2D eigenvalue weighted by Gasteiger charge is 2.28. The monoisotopic (exact) mass is 485 g/mol. The maximum absolute atomic E-state index is 12.5. The number of amidine groups is 1. The van der Waals surface area contributed by atoms with Crippen LogP contribution in [0.15, 0.2) is 66.7 Å². The summed E-state index contributed by atoms with van der Waals surface area (Å²) in [5, 5.41) is 9.86. The van der Waals surface area contributed by atoms with E-state index in [0.717, 1.165) is 68.6 Å². The zero-order chi connectivity index (χ0) is 24.9. The number of nitrogens with zero attached hydrogens (tertiary/aromatic N) is 3. The first-order valence-electron chi connectivity index (χ1n) is 12.8. The fourth-order valence-corrected chi connectivity index (χ4v) is 5.44. The number of piperazine rings is 1. The predicted octanol–water partition coefficient (Wildman–Crippen LogP) is 3.45. The molecule has 0 amide bonds. The maximum Gasteiger partial charge on any atom is 0.320 e. The number of hydrogen-bond donors (Lipinski definition) is 2. The molecular weight excluding hydrogens is 450 g/mol. The molecule has 2 aliphatic heterocycles. The van der Waals surface area contributed by atoms with E-state index < -0.39 is 0 Å². The van der Waals surface area contributed by atoms with Gasteiger partial charge in [-0.1, -0.05) is 42.5 Å². The van der Waals surface area contributed by atoms with Crippen molar-refractivity contribution in [3.8, 4) is 0 Å². The number of ether oxygens (including phenoxy) is 1. The fraction of sp³-hybridized carbons (Fsp3) is 0.379. The largest absolute Gasteiger partial charge is 0.460 e. The minimum Gasteiger partial charge on any atom is -0.460 e. The molecule has 2 fully saturated rings. The van der Waals surface area contributed by atoms with E-state index in [9.17, 15) is 4.79 Å². The van der Waals surface area contributed by atoms with Crippen LogP contribution in [0, 0.1) is 5.41 Å². The molecule has 0 aliphatic carbocycles. The Hall–Kier alpha value is -3.42. The Labute approximate surface area is 212 Å². The molecule has 36 heavy (non-hydrogen) atoms. The minimum atomic E-state index is -0.147. The van der Waals surface area contributed by atoms with Gasteiger partial charge in [0, 0.05) is 56.6 Å². The summed E-state index contributed by atoms with van der Waals surface area (Å²) in [5.74, 6) is -0.0402. The highest BCUT2D eigenvalue weighted by Crippen LogP contribution is 2.23. The Morgan fingerprint density at radius 3 is 2.31 bits per heavy atom. The second-order valence-electron chi connectivity index (χ2n) is 9.79. The quantitative estimate of drug-likeness (QED) is 0.303. The topological polar surface area (TPSA) is 85.9 Å². The van der Waals surface area contributed by atoms with Crippen molar-refractivity contribution < 1.29 is 9.53 Å². The second kappa shape index (κ2) is 11.1. The van der Waals surface area contributed by atoms with Crippen molar-refractivity contribution in [2.75, 3.05) is 50.7 Å². The van der Waals surface area contributed by atoms with Crippen molar-refractivity contribution in [2.24, 2.45) is 5.73 Å². The Morgan fingerprint density at radius 2 is 1.58 bits per heavy atom. The average Bonchev–Trinajstić information content (AvgIpc) is 2.92. The Morgan fingerprint density at radius 1 is 0.889 bits per heavy atom. The highest BCUT2D eigenvalue weighted by molar-refractivity contribution is 5.95. The molecule has 3 aromatic rings. The first-order valence-corrected chi connectivity index (χ1v) is 12.8. The number of esters is 1. The summed E-state index contributed by atoms with van der Waals surface area (Å²) in [6, 6.07) is 22.9. The van der Waals surface area contributed by atoms with E-state index in [0.29, 0.717) is 19.2 Å². The van der Waals surface area contributed by atoms with Gasteiger partial charge >= 0.3 is 5.97 Å². The third kappa shape index (κ3) is 5.69. The van der Waals surface area contributed by atoms with Gasteiger partial charge in [-0.3, -0.25) is 20.0 Å². The van der Waals surface area contributed by atoms with E-state index in [1.165, 1.54) is 11.1 Å². The number of nitrogen functional groups attached to an aromatic ring is 1. The number of hydrogen-bond acceptors (Lipinski definition) is 6. The minimum absolute atomic E-state index is 0.107. The molecule has 3 N–H and O–H groups in total. The zero-order valence-corrected chi connectivity index (χ0v) is 20.7. The van der Waals surface area contributed by atoms with E-state index in [4.69, 9.17) is 15.9 Å². The number of nitrogens with two attached hydrogens (primary N) is 1. The van der Waals surface area contributed by atoms with E-state index in [1.807, 2.05) is 36.4 Å². The molecular formula is C29H35N5O2. The van der Waals surface area contributed by atoms with Crippen LogP contribution in [-0.2, 0) is 16.1 Å². The van der Waals surface area contributed by atoms with Crippen LogP contribution in [0.5, 0.6) is 0 Å². The molecule has 7 heteroatoms. The number of carbonyl (C=O) groups is 1. The van der Waals surface area contributed by atoms with Gasteiger partial charge in [-0.2, -0.15) is 0 Å². The number of nitrogens with one attached hydrogen (secondary N) is 1. The maximum atomic E-state index is 12.5. The van der Waals surface area contributed by atoms with Gasteiger partial charge < -0.3 is 15.4 Å². The number of carbonyl (C=O) groups excluding carboxylic acids is 1. The van der Waals surface area contributed by atoms with Gasteiger partial charge in [-0.05, 0) is 53.4 Å². The van der Waals surface area contributed by atoms with Crippen LogP contribution in [0.4, 0.5) is 5.69 Å². The van der Waals surface area contributed by atoms with Crippen molar-refractivity contribution in [2.45, 2.75) is 25.5 Å². The molecule has 0 saturated carbocycles. The van der Waals surface area contributed by atoms with Crippen molar-refractivity contribution in [3.63, 3.8) is 0 Å². The Kier molecular flexibility index (Phi) is 7.49. The molecule has 7 nitrogen and oxygen atoms in total. The second-order valence-corrected chi connectivity index (χ2v) is 9.79. The number of anilines is 1. The third-order valence-corrected chi connectivity index (χ3v) is 7.55. The molecule has 0 bridgehead atoms. The van der Waals surface area contributed by atoms with Crippen molar-refractivity contribution in [3.05, 3.63) is 77.9 Å². The number of piperidine rings is 1. The number of benzene rings is 3. The fourth-order valence-electron chi connectivity index (χ4n) is 5.44. The molecule has 3 aromatic carbocycles. The van der Waals surface area contributed by atoms with Gasteiger partial charge in [0.25, 0.3) is 0 Å². The molecule has 0 atom stereocenters. The summed E-state index contributed by atoms with van der Waals surface area (Å²) >= 11 is 0. The van der Waals surface area contributed by atoms with Gasteiger partial charge in [0.1, 0.15) is 12.4 Å². The van der Waals surface area contributed by atoms with Gasteiger partial charge in [-0.25, -0.2) is 0 Å². The molecule has 0 spiro atoms. The summed E-state index contributed by atoms with van der Waals surface area (Å²) < 4.78 is 5.64. The first-order chi connectivity index (χ1) is 17.6. The molecule has 188 valence electrons. The van der Waals surface area contributed by atoms with Gasteiger partial charge in [0.15, 0.2) is 0 Å². The van der Waals surface area contributed by atoms with Gasteiger partial charge in [0.05, 0.1) is 6.54 Å². The highest BCUT2D eigenvalue weighted by atomic mass is 16.5. The lowest BCUT2D eigenvalue weighted by Gasteiger charge is -2.43. The molecule has 0 radical (unpaired) electrons. The van der Waals surface area contributed by atoms with Crippen molar-refractivity contribution in [1.29, 1.82) is 5.41 Å². The smallest absolute Gasteiger partial charge is 0.320 e. The van der Waals surface area contributed by atoms with Crippen LogP contribution in [0.2, 0.25) is 0 Å². The number of likely N-dealkylation sites (tertiary alicyclic amines) is 1. The SMILES string of the molecule is N=C(N)c1ccc(N2CCN(C3CCN(CC(=O)OCc4cccc5ccccc45)CC3)CC2)cc1. The molecule has 2 aliphatic rings. The third-order valence-electron chi connectivity index (χ3n) is 7.55. The molecule has 2 heterocycles. The summed E-state index contributed by atoms with van der Waals surface area (Å²) in [7, 11) is 0. The lowest BCUT2D eigenvalue weighted by molar-refractivity contribution is -0.146. The Bertz CT molecular complexity index is 1190. The summed E-state index contributed by atoms with van der Waals surface area (Å²) in [5.41, 5.74) is 8.58. The van der Waals surface area contributed by atoms with Crippen LogP contribution < -0.4 is 10.6 Å². The normalized spacial score (nSPS) is 17.8. The molecule has 0 aromatic heterocycles. The molecule has 5 rings (SSSR count). The average molecular weight is 486 g/mol. The first kappa shape index (κ1) is 24.3. The van der Waals surface area contributed by atoms with Crippen LogP contribution in [0.1, 0.15) is 24.0 Å². The Balaban J connectivity index is 1.04. The lowest BCUT2D eigenvalue weighted by atomic mass is 10.0. The van der Waals surface area contributed by atoms with Crippen molar-refractivity contribution >= 4 is 28.3 Å². The van der Waals surface area contributed by atoms with Crippen LogP contribution in [0.25, 0.3) is 10.8 Å². The lowest BCUT2D eigenvalue weighted by Crippen LogP contribution is -2.53. The summed E-state index contributed by atoms with van der Waals surface area (Å²) in [6.07, 6.45) is 2.17. The number of fused-ring (bicyclic) bond motifs is 1. The van der Waals surface area contributed by atoms with Gasteiger partial charge in [0.2, 0.25) is 0 Å². The van der Waals surface area contributed by atoms with E-state index >= 15 is 0 Å². The van der Waals surface area contributed by atoms with Crippen LogP contribution in [0.3, 0.4) is 0 Å². The summed E-state index contributed by atoms with van der Waals surface area (Å²) in [4.78, 5) is 19.8. The van der Waals surface area contributed by atoms with E-state index in [-0.39, 0.29) is 11.8 Å². The van der Waals surface area contributed by atoms with Gasteiger partial charge in [-0.15, -0.1) is 0 Å². The molecule has 0 unspecified atom stereocenters. The van der Waals surface area contributed by atoms with Crippen LogP contribution in [-0.4, -0.2) is 73.5 Å². The standard InChI is InChI=1S/C29H35N5O2/c30-29(31)23-8-10-25(11-9-23)33-16-18-34(19-17-33)26-12-14-32(15-13-26)20-28(35)36-21-24-6-3-5-22-4-1-2-7-27(22)24/h1-11,26H,12-21H2,(H3,30,31). The molecule has 2 saturated heterocycles. The zero-order valence-electron chi connectivity index (χ0n) is 20.7. The number of rotatable bonds is 7. The predicted molar refractivity (Wildman–Crippen MR) is 144 cm³/mol. The summed E-state index contributed by atoms with van der Waals surface area (Å²) in [6.45, 7) is 6.64.